The third-order valence-corrected chi connectivity index (χ3v) is 4.78. The maximum absolute atomic E-state index is 12.1. The first kappa shape index (κ1) is 13.8. The summed E-state index contributed by atoms with van der Waals surface area (Å²) >= 11 is 0. The number of aliphatic hydroxyl groups excluding tert-OH is 1. The lowest BCUT2D eigenvalue weighted by molar-refractivity contribution is 0.0345. The van der Waals surface area contributed by atoms with Crippen molar-refractivity contribution in [2.45, 2.75) is 56.7 Å². The fourth-order valence-corrected chi connectivity index (χ4v) is 3.80. The first-order valence-corrected chi connectivity index (χ1v) is 7.76. The summed E-state index contributed by atoms with van der Waals surface area (Å²) in [5.74, 6) is 0.245. The summed E-state index contributed by atoms with van der Waals surface area (Å²) in [6, 6.07) is 10.7. The van der Waals surface area contributed by atoms with Gasteiger partial charge in [0.1, 0.15) is 0 Å². The highest BCUT2D eigenvalue weighted by atomic mass is 16.3. The molecule has 0 saturated carbocycles. The highest BCUT2D eigenvalue weighted by molar-refractivity contribution is 5.95. The Morgan fingerprint density at radius 3 is 2.45 bits per heavy atom. The Labute approximate surface area is 120 Å². The van der Waals surface area contributed by atoms with Crippen molar-refractivity contribution in [1.29, 1.82) is 0 Å². The fraction of sp³-hybridized carbons (Fsp3) is 0.588. The average molecular weight is 273 g/mol. The van der Waals surface area contributed by atoms with Crippen molar-refractivity contribution in [1.82, 2.24) is 4.90 Å². The number of piperidine rings is 1. The number of rotatable bonds is 5. The Morgan fingerprint density at radius 1 is 1.15 bits per heavy atom. The number of fused-ring (bicyclic) bond motifs is 2. The number of hydrogen-bond donors (Lipinski definition) is 1. The maximum Gasteiger partial charge on any atom is 0.162 e. The standard InChI is InChI=1S/C17H23NO2/c19-16-11-14-8-9-15(12-16)18(14)10-4-7-17(20)13-5-2-1-3-6-13/h1-3,5-6,14-16,19H,4,7-12H2. The smallest absolute Gasteiger partial charge is 0.162 e. The molecule has 3 heteroatoms. The molecule has 3 nitrogen and oxygen atoms in total. The van der Waals surface area contributed by atoms with Crippen molar-refractivity contribution in [2.24, 2.45) is 0 Å². The van der Waals surface area contributed by atoms with Gasteiger partial charge in [-0.3, -0.25) is 9.69 Å². The largest absolute Gasteiger partial charge is 0.393 e. The zero-order valence-corrected chi connectivity index (χ0v) is 11.9. The normalized spacial score (nSPS) is 29.6. The Morgan fingerprint density at radius 2 is 1.80 bits per heavy atom. The molecule has 0 amide bonds. The van der Waals surface area contributed by atoms with E-state index in [4.69, 9.17) is 0 Å². The van der Waals surface area contributed by atoms with Gasteiger partial charge in [-0.15, -0.1) is 0 Å². The van der Waals surface area contributed by atoms with Crippen LogP contribution in [-0.4, -0.2) is 40.5 Å². The number of nitrogens with zero attached hydrogens (tertiary/aromatic N) is 1. The van der Waals surface area contributed by atoms with Gasteiger partial charge in [0.2, 0.25) is 0 Å². The first-order valence-electron chi connectivity index (χ1n) is 7.76. The second-order valence-corrected chi connectivity index (χ2v) is 6.14. The van der Waals surface area contributed by atoms with Gasteiger partial charge in [0, 0.05) is 24.1 Å². The molecule has 2 bridgehead atoms. The van der Waals surface area contributed by atoms with E-state index in [1.807, 2.05) is 30.3 Å². The molecular formula is C17H23NO2. The van der Waals surface area contributed by atoms with Gasteiger partial charge < -0.3 is 5.11 Å². The van der Waals surface area contributed by atoms with E-state index in [9.17, 15) is 9.90 Å². The van der Waals surface area contributed by atoms with Crippen LogP contribution in [0.3, 0.4) is 0 Å². The van der Waals surface area contributed by atoms with Gasteiger partial charge in [-0.25, -0.2) is 0 Å². The molecule has 2 aliphatic rings. The zero-order chi connectivity index (χ0) is 13.9. The minimum atomic E-state index is -0.102. The Hall–Kier alpha value is -1.19. The van der Waals surface area contributed by atoms with E-state index < -0.39 is 0 Å². The average Bonchev–Trinajstić information content (AvgIpc) is 2.70. The monoisotopic (exact) mass is 273 g/mol. The number of Topliss-reactive ketones (excluding diaryl/α,β-unsaturated/α-hetero) is 1. The van der Waals surface area contributed by atoms with Crippen molar-refractivity contribution < 1.29 is 9.90 Å². The number of benzene rings is 1. The molecule has 2 unspecified atom stereocenters. The van der Waals surface area contributed by atoms with Crippen molar-refractivity contribution in [3.8, 4) is 0 Å². The van der Waals surface area contributed by atoms with Crippen LogP contribution in [0.25, 0.3) is 0 Å². The lowest BCUT2D eigenvalue weighted by atomic mass is 9.99. The third-order valence-electron chi connectivity index (χ3n) is 4.78. The minimum Gasteiger partial charge on any atom is -0.393 e. The molecule has 1 aromatic rings. The molecule has 2 atom stereocenters. The minimum absolute atomic E-state index is 0.102. The van der Waals surface area contributed by atoms with Gasteiger partial charge in [-0.1, -0.05) is 30.3 Å². The summed E-state index contributed by atoms with van der Waals surface area (Å²) in [5, 5.41) is 9.79. The molecule has 2 aliphatic heterocycles. The molecular weight excluding hydrogens is 250 g/mol. The van der Waals surface area contributed by atoms with Crippen molar-refractivity contribution in [3.05, 3.63) is 35.9 Å². The Bertz CT molecular complexity index is 445. The van der Waals surface area contributed by atoms with Gasteiger partial charge in [0.05, 0.1) is 6.10 Å². The number of carbonyl (C=O) groups excluding carboxylic acids is 1. The van der Waals surface area contributed by atoms with E-state index >= 15 is 0 Å². The molecule has 2 saturated heterocycles. The quantitative estimate of drug-likeness (QED) is 0.838. The molecule has 3 rings (SSSR count). The molecule has 2 fully saturated rings. The molecule has 2 heterocycles. The van der Waals surface area contributed by atoms with Gasteiger partial charge in [0.25, 0.3) is 0 Å². The van der Waals surface area contributed by atoms with E-state index in [2.05, 4.69) is 4.90 Å². The predicted octanol–water partition coefficient (Wildman–Crippen LogP) is 2.64. The lowest BCUT2D eigenvalue weighted by Gasteiger charge is -2.37. The van der Waals surface area contributed by atoms with Crippen molar-refractivity contribution >= 4 is 5.78 Å². The van der Waals surface area contributed by atoms with Gasteiger partial charge in [-0.2, -0.15) is 0 Å². The van der Waals surface area contributed by atoms with Crippen LogP contribution in [0.15, 0.2) is 30.3 Å². The van der Waals surface area contributed by atoms with E-state index in [0.29, 0.717) is 18.5 Å². The first-order chi connectivity index (χ1) is 9.74. The molecule has 0 aliphatic carbocycles. The maximum atomic E-state index is 12.1. The highest BCUT2D eigenvalue weighted by Gasteiger charge is 2.39. The van der Waals surface area contributed by atoms with Crippen LogP contribution in [0.1, 0.15) is 48.9 Å². The van der Waals surface area contributed by atoms with E-state index in [0.717, 1.165) is 31.4 Å². The molecule has 1 N–H and O–H groups in total. The fourth-order valence-electron chi connectivity index (χ4n) is 3.80. The van der Waals surface area contributed by atoms with Crippen LogP contribution in [-0.2, 0) is 0 Å². The Kier molecular flexibility index (Phi) is 4.18. The second kappa shape index (κ2) is 6.06. The van der Waals surface area contributed by atoms with Crippen LogP contribution in [0.4, 0.5) is 0 Å². The SMILES string of the molecule is O=C(CCCN1C2CCC1CC(O)C2)c1ccccc1. The summed E-state index contributed by atoms with van der Waals surface area (Å²) in [5.41, 5.74) is 0.824. The van der Waals surface area contributed by atoms with Crippen LogP contribution < -0.4 is 0 Å². The molecule has 0 spiro atoms. The van der Waals surface area contributed by atoms with Gasteiger partial charge in [0.15, 0.2) is 5.78 Å². The zero-order valence-electron chi connectivity index (χ0n) is 11.9. The summed E-state index contributed by atoms with van der Waals surface area (Å²) in [4.78, 5) is 14.6. The number of aliphatic hydroxyl groups is 1. The molecule has 1 aromatic carbocycles. The number of carbonyl (C=O) groups is 1. The molecule has 0 radical (unpaired) electrons. The predicted molar refractivity (Wildman–Crippen MR) is 78.8 cm³/mol. The summed E-state index contributed by atoms with van der Waals surface area (Å²) in [6.07, 6.45) is 5.73. The Balaban J connectivity index is 1.48. The van der Waals surface area contributed by atoms with Crippen LogP contribution in [0.5, 0.6) is 0 Å². The highest BCUT2D eigenvalue weighted by Crippen LogP contribution is 2.35. The van der Waals surface area contributed by atoms with Crippen molar-refractivity contribution in [2.75, 3.05) is 6.54 Å². The summed E-state index contributed by atoms with van der Waals surface area (Å²) < 4.78 is 0. The van der Waals surface area contributed by atoms with E-state index in [1.165, 1.54) is 12.8 Å². The van der Waals surface area contributed by atoms with Crippen LogP contribution in [0, 0.1) is 0 Å². The van der Waals surface area contributed by atoms with E-state index in [1.54, 1.807) is 0 Å². The molecule has 20 heavy (non-hydrogen) atoms. The van der Waals surface area contributed by atoms with Crippen molar-refractivity contribution in [3.63, 3.8) is 0 Å². The topological polar surface area (TPSA) is 40.5 Å². The second-order valence-electron chi connectivity index (χ2n) is 6.14. The molecule has 108 valence electrons. The summed E-state index contributed by atoms with van der Waals surface area (Å²) in [6.45, 7) is 1.00. The third kappa shape index (κ3) is 2.94. The van der Waals surface area contributed by atoms with E-state index in [-0.39, 0.29) is 11.9 Å². The van der Waals surface area contributed by atoms with Gasteiger partial charge >= 0.3 is 0 Å². The molecule has 0 aromatic heterocycles. The number of ketones is 1. The van der Waals surface area contributed by atoms with Gasteiger partial charge in [-0.05, 0) is 38.6 Å². The summed E-state index contributed by atoms with van der Waals surface area (Å²) in [7, 11) is 0. The lowest BCUT2D eigenvalue weighted by Crippen LogP contribution is -2.45. The van der Waals surface area contributed by atoms with Crippen LogP contribution in [0.2, 0.25) is 0 Å². The number of hydrogen-bond acceptors (Lipinski definition) is 3. The van der Waals surface area contributed by atoms with Crippen LogP contribution >= 0.6 is 0 Å².